The van der Waals surface area contributed by atoms with Crippen molar-refractivity contribution in [1.82, 2.24) is 0 Å². The summed E-state index contributed by atoms with van der Waals surface area (Å²) in [5, 5.41) is 2.20. The van der Waals surface area contributed by atoms with Crippen LogP contribution in [-0.4, -0.2) is 0 Å². The molecule has 0 aliphatic carbocycles. The molecular formula is C11H13N. The second kappa shape index (κ2) is 3.77. The molecule has 0 saturated carbocycles. The summed E-state index contributed by atoms with van der Waals surface area (Å²) in [5.41, 5.74) is 6.69. The predicted octanol–water partition coefficient (Wildman–Crippen LogP) is 0.658. The predicted molar refractivity (Wildman–Crippen MR) is 53.7 cm³/mol. The highest BCUT2D eigenvalue weighted by molar-refractivity contribution is 5.40. The molecule has 0 amide bonds. The van der Waals surface area contributed by atoms with Gasteiger partial charge < -0.3 is 5.73 Å². The Morgan fingerprint density at radius 3 is 2.75 bits per heavy atom. The van der Waals surface area contributed by atoms with Crippen LogP contribution in [0.3, 0.4) is 0 Å². The lowest BCUT2D eigenvalue weighted by Crippen LogP contribution is -2.27. The minimum Gasteiger partial charge on any atom is -0.404 e. The van der Waals surface area contributed by atoms with Crippen molar-refractivity contribution < 1.29 is 0 Å². The summed E-state index contributed by atoms with van der Waals surface area (Å²) < 4.78 is 0. The maximum absolute atomic E-state index is 5.47. The zero-order valence-corrected chi connectivity index (χ0v) is 7.25. The van der Waals surface area contributed by atoms with Gasteiger partial charge in [0.25, 0.3) is 0 Å². The molecule has 62 valence electrons. The van der Waals surface area contributed by atoms with Gasteiger partial charge in [0, 0.05) is 6.20 Å². The lowest BCUT2D eigenvalue weighted by molar-refractivity contribution is 1.36. The zero-order valence-electron chi connectivity index (χ0n) is 7.25. The molecule has 0 saturated heterocycles. The third-order valence-electron chi connectivity index (χ3n) is 1.82. The molecule has 0 bridgehead atoms. The first kappa shape index (κ1) is 8.60. The minimum absolute atomic E-state index is 1.05. The van der Waals surface area contributed by atoms with Crippen LogP contribution in [0.1, 0.15) is 5.56 Å². The van der Waals surface area contributed by atoms with Crippen LogP contribution in [0.2, 0.25) is 0 Å². The van der Waals surface area contributed by atoms with E-state index in [2.05, 4.69) is 19.6 Å². The van der Waals surface area contributed by atoms with Crippen molar-refractivity contribution >= 4 is 12.3 Å². The SMILES string of the molecule is C=C/C=c1/c(C)ccc/c1=C/N. The van der Waals surface area contributed by atoms with Gasteiger partial charge in [-0.25, -0.2) is 0 Å². The molecule has 0 unspecified atom stereocenters. The fourth-order valence-electron chi connectivity index (χ4n) is 1.19. The van der Waals surface area contributed by atoms with E-state index < -0.39 is 0 Å². The number of rotatable bonds is 1. The molecule has 0 aliphatic heterocycles. The molecule has 0 atom stereocenters. The van der Waals surface area contributed by atoms with Gasteiger partial charge in [-0.3, -0.25) is 0 Å². The summed E-state index contributed by atoms with van der Waals surface area (Å²) in [6, 6.07) is 6.04. The molecular weight excluding hydrogens is 146 g/mol. The third-order valence-corrected chi connectivity index (χ3v) is 1.82. The molecule has 1 rings (SSSR count). The van der Waals surface area contributed by atoms with E-state index in [0.29, 0.717) is 0 Å². The Balaban J connectivity index is 3.63. The van der Waals surface area contributed by atoms with Gasteiger partial charge >= 0.3 is 0 Å². The molecule has 2 N–H and O–H groups in total. The molecule has 0 radical (unpaired) electrons. The van der Waals surface area contributed by atoms with E-state index in [-0.39, 0.29) is 0 Å². The van der Waals surface area contributed by atoms with Crippen molar-refractivity contribution in [2.45, 2.75) is 6.92 Å². The topological polar surface area (TPSA) is 26.0 Å². The molecule has 1 heteroatoms. The van der Waals surface area contributed by atoms with Crippen LogP contribution < -0.4 is 16.2 Å². The van der Waals surface area contributed by atoms with Crippen LogP contribution in [0.15, 0.2) is 30.9 Å². The minimum atomic E-state index is 1.05. The monoisotopic (exact) mass is 159 g/mol. The Hall–Kier alpha value is -1.50. The maximum Gasteiger partial charge on any atom is 0.00176 e. The molecule has 1 aromatic rings. The van der Waals surface area contributed by atoms with Crippen LogP contribution in [0.4, 0.5) is 0 Å². The number of aryl methyl sites for hydroxylation is 1. The van der Waals surface area contributed by atoms with Crippen LogP contribution >= 0.6 is 0 Å². The lowest BCUT2D eigenvalue weighted by Gasteiger charge is -1.93. The number of allylic oxidation sites excluding steroid dienone is 1. The van der Waals surface area contributed by atoms with E-state index in [1.165, 1.54) is 5.56 Å². The molecule has 0 aromatic heterocycles. The largest absolute Gasteiger partial charge is 0.404 e. The summed E-state index contributed by atoms with van der Waals surface area (Å²) >= 11 is 0. The molecule has 0 heterocycles. The number of hydrogen-bond acceptors (Lipinski definition) is 1. The number of hydrogen-bond donors (Lipinski definition) is 1. The van der Waals surface area contributed by atoms with Crippen LogP contribution in [0, 0.1) is 6.92 Å². The summed E-state index contributed by atoms with van der Waals surface area (Å²) in [7, 11) is 0. The van der Waals surface area contributed by atoms with E-state index in [4.69, 9.17) is 5.73 Å². The van der Waals surface area contributed by atoms with Crippen LogP contribution in [-0.2, 0) is 0 Å². The Labute approximate surface area is 72.5 Å². The van der Waals surface area contributed by atoms with Crippen molar-refractivity contribution in [3.05, 3.63) is 46.9 Å². The van der Waals surface area contributed by atoms with Gasteiger partial charge in [0.2, 0.25) is 0 Å². The average molecular weight is 159 g/mol. The first-order valence-electron chi connectivity index (χ1n) is 3.90. The molecule has 0 spiro atoms. The quantitative estimate of drug-likeness (QED) is 0.640. The van der Waals surface area contributed by atoms with Crippen molar-refractivity contribution in [2.24, 2.45) is 5.73 Å². The normalized spacial score (nSPS) is 13.4. The Morgan fingerprint density at radius 2 is 2.17 bits per heavy atom. The highest BCUT2D eigenvalue weighted by atomic mass is 14.5. The van der Waals surface area contributed by atoms with Gasteiger partial charge in [-0.2, -0.15) is 0 Å². The first-order chi connectivity index (χ1) is 5.79. The first-order valence-corrected chi connectivity index (χ1v) is 3.90. The Bertz CT molecular complexity index is 388. The molecule has 1 aromatic carbocycles. The Morgan fingerprint density at radius 1 is 1.42 bits per heavy atom. The summed E-state index contributed by atoms with van der Waals surface area (Å²) in [6.45, 7) is 5.72. The highest BCUT2D eigenvalue weighted by Crippen LogP contribution is 1.83. The molecule has 1 nitrogen and oxygen atoms in total. The van der Waals surface area contributed by atoms with Gasteiger partial charge in [0.1, 0.15) is 0 Å². The van der Waals surface area contributed by atoms with Crippen LogP contribution in [0.25, 0.3) is 12.3 Å². The summed E-state index contributed by atoms with van der Waals surface area (Å²) in [6.07, 6.45) is 5.35. The van der Waals surface area contributed by atoms with E-state index in [0.717, 1.165) is 10.4 Å². The molecule has 0 fully saturated rings. The van der Waals surface area contributed by atoms with Gasteiger partial charge in [-0.15, -0.1) is 0 Å². The smallest absolute Gasteiger partial charge is 0.00176 e. The zero-order chi connectivity index (χ0) is 8.97. The fourth-order valence-corrected chi connectivity index (χ4v) is 1.19. The van der Waals surface area contributed by atoms with E-state index in [9.17, 15) is 0 Å². The maximum atomic E-state index is 5.47. The number of nitrogens with two attached hydrogens (primary N) is 1. The summed E-state index contributed by atoms with van der Waals surface area (Å²) in [4.78, 5) is 0. The Kier molecular flexibility index (Phi) is 2.70. The second-order valence-corrected chi connectivity index (χ2v) is 2.65. The molecule has 12 heavy (non-hydrogen) atoms. The third kappa shape index (κ3) is 1.56. The van der Waals surface area contributed by atoms with Gasteiger partial charge in [0.05, 0.1) is 0 Å². The standard InChI is InChI=1S/C11H13N/c1-3-5-11-9(2)6-4-7-10(11)8-12/h3-8H,1,12H2,2H3/b10-8-,11-5-. The lowest BCUT2D eigenvalue weighted by atomic mass is 10.1. The van der Waals surface area contributed by atoms with Crippen LogP contribution in [0.5, 0.6) is 0 Å². The highest BCUT2D eigenvalue weighted by Gasteiger charge is 1.87. The second-order valence-electron chi connectivity index (χ2n) is 2.65. The van der Waals surface area contributed by atoms with E-state index in [1.54, 1.807) is 12.3 Å². The fraction of sp³-hybridized carbons (Fsp3) is 0.0909. The van der Waals surface area contributed by atoms with Crippen molar-refractivity contribution in [1.29, 1.82) is 0 Å². The number of benzene rings is 1. The van der Waals surface area contributed by atoms with Gasteiger partial charge in [-0.1, -0.05) is 36.9 Å². The molecule has 0 aliphatic rings. The van der Waals surface area contributed by atoms with Gasteiger partial charge in [0.15, 0.2) is 0 Å². The average Bonchev–Trinajstić information content (AvgIpc) is 2.09. The van der Waals surface area contributed by atoms with Crippen molar-refractivity contribution in [2.75, 3.05) is 0 Å². The van der Waals surface area contributed by atoms with Crippen molar-refractivity contribution in [3.8, 4) is 0 Å². The summed E-state index contributed by atoms with van der Waals surface area (Å²) in [5.74, 6) is 0. The van der Waals surface area contributed by atoms with E-state index >= 15 is 0 Å². The van der Waals surface area contributed by atoms with Crippen molar-refractivity contribution in [3.63, 3.8) is 0 Å². The van der Waals surface area contributed by atoms with Gasteiger partial charge in [-0.05, 0) is 22.9 Å². The van der Waals surface area contributed by atoms with E-state index in [1.807, 2.05) is 18.2 Å².